The molecule has 3 fully saturated rings. The summed E-state index contributed by atoms with van der Waals surface area (Å²) in [6, 6.07) is 5.96. The predicted molar refractivity (Wildman–Crippen MR) is 112 cm³/mol. The molecule has 0 radical (unpaired) electrons. The number of hydrogen-bond donors (Lipinski definition) is 0. The molecule has 2 saturated heterocycles. The lowest BCUT2D eigenvalue weighted by Crippen LogP contribution is -2.56. The van der Waals surface area contributed by atoms with Crippen LogP contribution < -0.4 is 4.90 Å². The van der Waals surface area contributed by atoms with E-state index < -0.39 is 0 Å². The van der Waals surface area contributed by atoms with Crippen molar-refractivity contribution in [2.24, 2.45) is 5.92 Å². The monoisotopic (exact) mass is 396 g/mol. The molecule has 0 bridgehead atoms. The highest BCUT2D eigenvalue weighted by Crippen LogP contribution is 2.34. The first kappa shape index (κ1) is 20.2. The number of ether oxygens (including phenoxy) is 1. The van der Waals surface area contributed by atoms with Gasteiger partial charge in [0.05, 0.1) is 23.7 Å². The molecule has 0 N–H and O–H groups in total. The third-order valence-electron chi connectivity index (χ3n) is 6.78. The van der Waals surface area contributed by atoms with Crippen LogP contribution in [0.25, 0.3) is 0 Å². The number of morpholine rings is 1. The Balaban J connectivity index is 1.46. The first-order valence-electron chi connectivity index (χ1n) is 11.2. The summed E-state index contributed by atoms with van der Waals surface area (Å²) >= 11 is 0. The van der Waals surface area contributed by atoms with Crippen molar-refractivity contribution in [3.8, 4) is 6.07 Å². The molecule has 1 aromatic rings. The second-order valence-electron chi connectivity index (χ2n) is 8.93. The molecule has 4 rings (SSSR count). The van der Waals surface area contributed by atoms with Crippen molar-refractivity contribution in [2.75, 3.05) is 37.7 Å². The lowest BCUT2D eigenvalue weighted by atomic mass is 9.90. The van der Waals surface area contributed by atoms with Crippen molar-refractivity contribution < 1.29 is 9.53 Å². The number of carbonyl (C=O) groups is 1. The van der Waals surface area contributed by atoms with Gasteiger partial charge in [-0.3, -0.25) is 4.79 Å². The molecule has 1 aromatic heterocycles. The lowest BCUT2D eigenvalue weighted by Gasteiger charge is -2.44. The van der Waals surface area contributed by atoms with Gasteiger partial charge >= 0.3 is 0 Å². The molecule has 1 spiro atoms. The number of aromatic nitrogens is 1. The minimum atomic E-state index is -0.120. The lowest BCUT2D eigenvalue weighted by molar-refractivity contribution is -0.157. The molecule has 2 aliphatic heterocycles. The number of aryl methyl sites for hydroxylation is 1. The van der Waals surface area contributed by atoms with Gasteiger partial charge in [-0.1, -0.05) is 25.7 Å². The van der Waals surface area contributed by atoms with Gasteiger partial charge in [0.15, 0.2) is 0 Å². The summed E-state index contributed by atoms with van der Waals surface area (Å²) in [4.78, 5) is 22.2. The second kappa shape index (κ2) is 8.71. The van der Waals surface area contributed by atoms with E-state index in [0.29, 0.717) is 25.3 Å². The normalized spacial score (nSPS) is 24.8. The maximum Gasteiger partial charge on any atom is 0.227 e. The van der Waals surface area contributed by atoms with E-state index in [9.17, 15) is 10.1 Å². The fraction of sp³-hybridized carbons (Fsp3) is 0.696. The molecule has 0 aromatic carbocycles. The van der Waals surface area contributed by atoms with Crippen LogP contribution in [0.3, 0.4) is 0 Å². The molecule has 1 atom stereocenters. The molecule has 6 heteroatoms. The third kappa shape index (κ3) is 4.40. The molecule has 3 heterocycles. The summed E-state index contributed by atoms with van der Waals surface area (Å²) in [5.41, 5.74) is 1.37. The molecule has 6 nitrogen and oxygen atoms in total. The maximum atomic E-state index is 13.4. The second-order valence-corrected chi connectivity index (χ2v) is 8.93. The number of pyridine rings is 1. The van der Waals surface area contributed by atoms with E-state index in [1.807, 2.05) is 19.1 Å². The fourth-order valence-corrected chi connectivity index (χ4v) is 5.21. The van der Waals surface area contributed by atoms with Crippen molar-refractivity contribution >= 4 is 11.7 Å². The molecular formula is C23H32N4O2. The number of amides is 1. The van der Waals surface area contributed by atoms with Crippen molar-refractivity contribution in [1.82, 2.24) is 9.88 Å². The van der Waals surface area contributed by atoms with E-state index in [1.165, 1.54) is 25.7 Å². The molecule has 3 aliphatic rings. The Morgan fingerprint density at radius 3 is 2.76 bits per heavy atom. The van der Waals surface area contributed by atoms with E-state index in [0.717, 1.165) is 50.3 Å². The minimum absolute atomic E-state index is 0.0291. The zero-order chi connectivity index (χ0) is 20.3. The van der Waals surface area contributed by atoms with Crippen LogP contribution in [0.15, 0.2) is 12.1 Å². The van der Waals surface area contributed by atoms with E-state index >= 15 is 0 Å². The SMILES string of the molecule is Cc1ccc(C#N)c(N2CCC[C@H](C(=O)N3CCOC4(CCCCCC4)C3)C2)n1. The van der Waals surface area contributed by atoms with Gasteiger partial charge in [0.2, 0.25) is 5.91 Å². The largest absolute Gasteiger partial charge is 0.371 e. The van der Waals surface area contributed by atoms with Crippen molar-refractivity contribution in [3.05, 3.63) is 23.4 Å². The van der Waals surface area contributed by atoms with Crippen LogP contribution in [-0.2, 0) is 9.53 Å². The Bertz CT molecular complexity index is 780. The fourth-order valence-electron chi connectivity index (χ4n) is 5.21. The summed E-state index contributed by atoms with van der Waals surface area (Å²) < 4.78 is 6.24. The summed E-state index contributed by atoms with van der Waals surface area (Å²) in [6.45, 7) is 5.53. The Morgan fingerprint density at radius 2 is 2.00 bits per heavy atom. The summed E-state index contributed by atoms with van der Waals surface area (Å²) in [5.74, 6) is 0.957. The van der Waals surface area contributed by atoms with E-state index in [-0.39, 0.29) is 17.4 Å². The standard InChI is InChI=1S/C23H32N4O2/c1-18-8-9-19(15-24)21(25-18)26-12-6-7-20(16-26)22(28)27-13-14-29-23(17-27)10-4-2-3-5-11-23/h8-9,20H,2-7,10-14,16-17H2,1H3/t20-/m0/s1. The van der Waals surface area contributed by atoms with Gasteiger partial charge in [0.1, 0.15) is 11.9 Å². The van der Waals surface area contributed by atoms with Crippen LogP contribution in [-0.4, -0.2) is 54.2 Å². The van der Waals surface area contributed by atoms with E-state index in [4.69, 9.17) is 4.74 Å². The van der Waals surface area contributed by atoms with Crippen LogP contribution >= 0.6 is 0 Å². The van der Waals surface area contributed by atoms with Crippen LogP contribution in [0.1, 0.15) is 62.6 Å². The summed E-state index contributed by atoms with van der Waals surface area (Å²) in [7, 11) is 0. The third-order valence-corrected chi connectivity index (χ3v) is 6.78. The smallest absolute Gasteiger partial charge is 0.227 e. The maximum absolute atomic E-state index is 13.4. The molecule has 1 aliphatic carbocycles. The first-order chi connectivity index (χ1) is 14.1. The highest BCUT2D eigenvalue weighted by atomic mass is 16.5. The average Bonchev–Trinajstić information content (AvgIpc) is 2.98. The first-order valence-corrected chi connectivity index (χ1v) is 11.2. The van der Waals surface area contributed by atoms with Crippen LogP contribution in [0, 0.1) is 24.2 Å². The molecule has 1 amide bonds. The molecule has 0 unspecified atom stereocenters. The Kier molecular flexibility index (Phi) is 6.05. The van der Waals surface area contributed by atoms with Gasteiger partial charge in [-0.2, -0.15) is 5.26 Å². The zero-order valence-corrected chi connectivity index (χ0v) is 17.5. The number of piperidine rings is 1. The van der Waals surface area contributed by atoms with Crippen molar-refractivity contribution in [3.63, 3.8) is 0 Å². The van der Waals surface area contributed by atoms with Gasteiger partial charge in [-0.05, 0) is 44.7 Å². The van der Waals surface area contributed by atoms with Crippen LogP contribution in [0.2, 0.25) is 0 Å². The molecule has 1 saturated carbocycles. The predicted octanol–water partition coefficient (Wildman–Crippen LogP) is 3.43. The molecular weight excluding hydrogens is 364 g/mol. The Labute approximate surface area is 173 Å². The van der Waals surface area contributed by atoms with Gasteiger partial charge in [0, 0.05) is 31.9 Å². The number of carbonyl (C=O) groups excluding carboxylic acids is 1. The Morgan fingerprint density at radius 1 is 1.21 bits per heavy atom. The van der Waals surface area contributed by atoms with Gasteiger partial charge < -0.3 is 14.5 Å². The molecule has 156 valence electrons. The van der Waals surface area contributed by atoms with Crippen molar-refractivity contribution in [1.29, 1.82) is 5.26 Å². The van der Waals surface area contributed by atoms with Crippen LogP contribution in [0.4, 0.5) is 5.82 Å². The Hall–Kier alpha value is -2.13. The average molecular weight is 397 g/mol. The molecule has 29 heavy (non-hydrogen) atoms. The van der Waals surface area contributed by atoms with Crippen LogP contribution in [0.5, 0.6) is 0 Å². The van der Waals surface area contributed by atoms with Crippen molar-refractivity contribution in [2.45, 2.75) is 63.9 Å². The topological polar surface area (TPSA) is 69.5 Å². The number of nitrogens with zero attached hydrogens (tertiary/aromatic N) is 4. The van der Waals surface area contributed by atoms with Gasteiger partial charge in [0.25, 0.3) is 0 Å². The van der Waals surface area contributed by atoms with Gasteiger partial charge in [-0.25, -0.2) is 4.98 Å². The number of anilines is 1. The highest BCUT2D eigenvalue weighted by molar-refractivity contribution is 5.80. The highest BCUT2D eigenvalue weighted by Gasteiger charge is 2.40. The summed E-state index contributed by atoms with van der Waals surface area (Å²) in [6.07, 6.45) is 8.98. The minimum Gasteiger partial charge on any atom is -0.371 e. The number of hydrogen-bond acceptors (Lipinski definition) is 5. The summed E-state index contributed by atoms with van der Waals surface area (Å²) in [5, 5.41) is 9.48. The zero-order valence-electron chi connectivity index (χ0n) is 17.5. The quantitative estimate of drug-likeness (QED) is 0.766. The van der Waals surface area contributed by atoms with Gasteiger partial charge in [-0.15, -0.1) is 0 Å². The number of nitriles is 1. The van der Waals surface area contributed by atoms with E-state index in [1.54, 1.807) is 0 Å². The number of rotatable bonds is 2. The van der Waals surface area contributed by atoms with E-state index in [2.05, 4.69) is 20.9 Å².